The Morgan fingerprint density at radius 2 is 2.13 bits per heavy atom. The smallest absolute Gasteiger partial charge is 0.419 e. The lowest BCUT2D eigenvalue weighted by atomic mass is 10.1. The number of amides is 2. The summed E-state index contributed by atoms with van der Waals surface area (Å²) in [5.41, 5.74) is 0.281. The molecule has 2 heterocycles. The van der Waals surface area contributed by atoms with Crippen LogP contribution in [-0.2, 0) is 25.7 Å². The standard InChI is InChI=1S/C18H20N4O8/c1-29-16(24)10-13-17(25)19-6-8-20(13)15(23)3-2-7-21-12-5-4-11(22(27)28)9-14(12)30-18(21)26/h4-5,9,13H,2-3,6-8,10H2,1H3,(H,19,25). The van der Waals surface area contributed by atoms with Crippen molar-refractivity contribution in [2.24, 2.45) is 0 Å². The summed E-state index contributed by atoms with van der Waals surface area (Å²) in [6, 6.07) is 2.92. The molecule has 1 atom stereocenters. The predicted octanol–water partition coefficient (Wildman–Crippen LogP) is 0.173. The zero-order valence-corrected chi connectivity index (χ0v) is 16.2. The molecular weight excluding hydrogens is 400 g/mol. The quantitative estimate of drug-likeness (QED) is 0.378. The average Bonchev–Trinajstić information content (AvgIpc) is 3.03. The number of methoxy groups -OCH3 is 1. The largest absolute Gasteiger partial charge is 0.469 e. The van der Waals surface area contributed by atoms with Gasteiger partial charge in [0.05, 0.1) is 30.0 Å². The van der Waals surface area contributed by atoms with Crippen molar-refractivity contribution in [3.05, 3.63) is 38.9 Å². The van der Waals surface area contributed by atoms with E-state index in [0.717, 1.165) is 0 Å². The van der Waals surface area contributed by atoms with Crippen molar-refractivity contribution in [2.45, 2.75) is 31.8 Å². The van der Waals surface area contributed by atoms with Gasteiger partial charge in [-0.05, 0) is 12.5 Å². The van der Waals surface area contributed by atoms with Crippen molar-refractivity contribution < 1.29 is 28.5 Å². The van der Waals surface area contributed by atoms with Crippen molar-refractivity contribution in [1.29, 1.82) is 0 Å². The molecule has 1 N–H and O–H groups in total. The molecule has 2 amide bonds. The van der Waals surface area contributed by atoms with Crippen molar-refractivity contribution in [3.8, 4) is 0 Å². The summed E-state index contributed by atoms with van der Waals surface area (Å²) in [4.78, 5) is 59.9. The molecule has 12 heteroatoms. The molecule has 0 radical (unpaired) electrons. The Hall–Kier alpha value is -3.70. The molecule has 160 valence electrons. The molecule has 2 aromatic rings. The van der Waals surface area contributed by atoms with Crippen LogP contribution >= 0.6 is 0 Å². The molecule has 0 saturated carbocycles. The molecule has 1 saturated heterocycles. The van der Waals surface area contributed by atoms with E-state index in [-0.39, 0.29) is 56.1 Å². The molecule has 1 fully saturated rings. The highest BCUT2D eigenvalue weighted by molar-refractivity contribution is 5.91. The van der Waals surface area contributed by atoms with E-state index in [4.69, 9.17) is 4.42 Å². The molecule has 1 aliphatic heterocycles. The summed E-state index contributed by atoms with van der Waals surface area (Å²) in [5.74, 6) is -2.02. The first-order valence-corrected chi connectivity index (χ1v) is 9.23. The molecule has 0 aliphatic carbocycles. The SMILES string of the molecule is COC(=O)CC1C(=O)NCCN1C(=O)CCCn1c(=O)oc2cc([N+](=O)[O-])ccc21. The lowest BCUT2D eigenvalue weighted by Crippen LogP contribution is -2.57. The lowest BCUT2D eigenvalue weighted by Gasteiger charge is -2.34. The maximum atomic E-state index is 12.6. The second-order valence-electron chi connectivity index (χ2n) is 6.71. The number of hydrogen-bond donors (Lipinski definition) is 1. The minimum Gasteiger partial charge on any atom is -0.469 e. The van der Waals surface area contributed by atoms with Crippen LogP contribution in [0, 0.1) is 10.1 Å². The molecule has 30 heavy (non-hydrogen) atoms. The van der Waals surface area contributed by atoms with Crippen LogP contribution in [0.2, 0.25) is 0 Å². The first-order valence-electron chi connectivity index (χ1n) is 9.23. The summed E-state index contributed by atoms with van der Waals surface area (Å²) >= 11 is 0. The Balaban J connectivity index is 1.67. The van der Waals surface area contributed by atoms with Crippen LogP contribution < -0.4 is 11.1 Å². The van der Waals surface area contributed by atoms with Gasteiger partial charge in [0.1, 0.15) is 6.04 Å². The van der Waals surface area contributed by atoms with Crippen LogP contribution in [0.25, 0.3) is 11.1 Å². The van der Waals surface area contributed by atoms with Crippen molar-refractivity contribution in [3.63, 3.8) is 0 Å². The van der Waals surface area contributed by atoms with E-state index in [9.17, 15) is 29.3 Å². The van der Waals surface area contributed by atoms with Gasteiger partial charge < -0.3 is 19.4 Å². The van der Waals surface area contributed by atoms with Crippen LogP contribution in [0.3, 0.4) is 0 Å². The first kappa shape index (κ1) is 21.0. The number of oxazole rings is 1. The second-order valence-corrected chi connectivity index (χ2v) is 6.71. The van der Waals surface area contributed by atoms with E-state index in [1.54, 1.807) is 0 Å². The van der Waals surface area contributed by atoms with Gasteiger partial charge in [0.15, 0.2) is 5.58 Å². The van der Waals surface area contributed by atoms with Gasteiger partial charge >= 0.3 is 11.7 Å². The van der Waals surface area contributed by atoms with E-state index in [0.29, 0.717) is 5.52 Å². The summed E-state index contributed by atoms with van der Waals surface area (Å²) in [6.45, 7) is 0.703. The van der Waals surface area contributed by atoms with Crippen molar-refractivity contribution in [1.82, 2.24) is 14.8 Å². The van der Waals surface area contributed by atoms with Gasteiger partial charge in [-0.15, -0.1) is 0 Å². The Labute approximate surface area is 169 Å². The van der Waals surface area contributed by atoms with E-state index < -0.39 is 28.6 Å². The summed E-state index contributed by atoms with van der Waals surface area (Å²) in [5, 5.41) is 13.5. The van der Waals surface area contributed by atoms with Gasteiger partial charge in [-0.3, -0.25) is 29.1 Å². The minimum absolute atomic E-state index is 0.0387. The van der Waals surface area contributed by atoms with Crippen LogP contribution in [0.15, 0.2) is 27.4 Å². The van der Waals surface area contributed by atoms with Crippen LogP contribution in [0.4, 0.5) is 5.69 Å². The molecule has 3 rings (SSSR count). The number of rotatable bonds is 7. The minimum atomic E-state index is -0.934. The number of benzene rings is 1. The third-order valence-corrected chi connectivity index (χ3v) is 4.87. The number of non-ortho nitro benzene ring substituents is 1. The molecule has 1 aromatic heterocycles. The predicted molar refractivity (Wildman–Crippen MR) is 102 cm³/mol. The van der Waals surface area contributed by atoms with Gasteiger partial charge in [0, 0.05) is 32.1 Å². The Morgan fingerprint density at radius 3 is 2.83 bits per heavy atom. The number of nitrogens with zero attached hydrogens (tertiary/aromatic N) is 3. The zero-order valence-electron chi connectivity index (χ0n) is 16.2. The number of nitro groups is 1. The van der Waals surface area contributed by atoms with Gasteiger partial charge in [0.2, 0.25) is 11.8 Å². The number of carbonyl (C=O) groups excluding carboxylic acids is 3. The average molecular weight is 420 g/mol. The molecule has 1 aromatic carbocycles. The summed E-state index contributed by atoms with van der Waals surface area (Å²) in [7, 11) is 1.21. The molecule has 0 bridgehead atoms. The molecular formula is C18H20N4O8. The second kappa shape index (κ2) is 8.76. The summed E-state index contributed by atoms with van der Waals surface area (Å²) < 4.78 is 10.9. The van der Waals surface area contributed by atoms with Crippen LogP contribution in [0.1, 0.15) is 19.3 Å². The number of fused-ring (bicyclic) bond motifs is 1. The maximum absolute atomic E-state index is 12.6. The highest BCUT2D eigenvalue weighted by Crippen LogP contribution is 2.20. The Bertz CT molecular complexity index is 1060. The number of ether oxygens (including phenoxy) is 1. The zero-order chi connectivity index (χ0) is 21.8. The number of carbonyl (C=O) groups is 3. The third-order valence-electron chi connectivity index (χ3n) is 4.87. The van der Waals surface area contributed by atoms with Crippen LogP contribution in [0.5, 0.6) is 0 Å². The van der Waals surface area contributed by atoms with E-state index in [1.807, 2.05) is 0 Å². The number of nitrogens with one attached hydrogen (secondary N) is 1. The Morgan fingerprint density at radius 1 is 1.37 bits per heavy atom. The fraction of sp³-hybridized carbons (Fsp3) is 0.444. The molecule has 1 unspecified atom stereocenters. The topological polar surface area (TPSA) is 154 Å². The normalized spacial score (nSPS) is 16.4. The van der Waals surface area contributed by atoms with Gasteiger partial charge in [-0.1, -0.05) is 0 Å². The monoisotopic (exact) mass is 420 g/mol. The number of piperazine rings is 1. The van der Waals surface area contributed by atoms with Gasteiger partial charge in [-0.2, -0.15) is 0 Å². The fourth-order valence-corrected chi connectivity index (χ4v) is 3.37. The maximum Gasteiger partial charge on any atom is 0.419 e. The molecule has 0 spiro atoms. The number of aromatic nitrogens is 1. The van der Waals surface area contributed by atoms with Crippen molar-refractivity contribution >= 4 is 34.6 Å². The molecule has 12 nitrogen and oxygen atoms in total. The Kier molecular flexibility index (Phi) is 6.14. The first-order chi connectivity index (χ1) is 14.3. The highest BCUT2D eigenvalue weighted by atomic mass is 16.6. The lowest BCUT2D eigenvalue weighted by molar-refractivity contribution is -0.384. The van der Waals surface area contributed by atoms with E-state index >= 15 is 0 Å². The number of hydrogen-bond acceptors (Lipinski definition) is 8. The third kappa shape index (κ3) is 4.31. The number of nitro benzene ring substituents is 1. The fourth-order valence-electron chi connectivity index (χ4n) is 3.37. The summed E-state index contributed by atoms with van der Waals surface area (Å²) in [6.07, 6.45) is 0.0726. The van der Waals surface area contributed by atoms with E-state index in [2.05, 4.69) is 10.1 Å². The number of esters is 1. The van der Waals surface area contributed by atoms with Crippen molar-refractivity contribution in [2.75, 3.05) is 20.2 Å². The highest BCUT2D eigenvalue weighted by Gasteiger charge is 2.34. The van der Waals surface area contributed by atoms with Crippen LogP contribution in [-0.4, -0.2) is 58.4 Å². The number of aryl methyl sites for hydroxylation is 1. The van der Waals surface area contributed by atoms with E-state index in [1.165, 1.54) is 34.8 Å². The van der Waals surface area contributed by atoms with Gasteiger partial charge in [-0.25, -0.2) is 4.79 Å². The van der Waals surface area contributed by atoms with Gasteiger partial charge in [0.25, 0.3) is 5.69 Å². The molecule has 1 aliphatic rings.